The standard InChI is InChI=1S/C29H33N5O4S/c1-3-38-27-24(25(20-8-9-20)31-18-32-27)22-12-13-23-26(33-22)29(14-4-5-15-29)17-34(23)28(35)30-16-19-6-10-21(11-7-19)39(2,36)37/h6-7,10-13,18,20H,3-5,8-9,14-17H2,1-2H3,(H,30,35). The molecule has 1 spiro atoms. The third-order valence-electron chi connectivity index (χ3n) is 8.07. The average molecular weight is 548 g/mol. The molecular formula is C29H33N5O4S. The Kier molecular flexibility index (Phi) is 6.53. The topological polar surface area (TPSA) is 114 Å². The van der Waals surface area contributed by atoms with Crippen LogP contribution in [0.15, 0.2) is 47.6 Å². The van der Waals surface area contributed by atoms with Gasteiger partial charge in [0.05, 0.1) is 39.8 Å². The summed E-state index contributed by atoms with van der Waals surface area (Å²) in [6, 6.07) is 10.4. The summed E-state index contributed by atoms with van der Waals surface area (Å²) in [7, 11) is -3.26. The predicted octanol–water partition coefficient (Wildman–Crippen LogP) is 4.76. The molecule has 0 bridgehead atoms. The van der Waals surface area contributed by atoms with Gasteiger partial charge in [-0.3, -0.25) is 4.90 Å². The Morgan fingerprint density at radius 1 is 1.10 bits per heavy atom. The summed E-state index contributed by atoms with van der Waals surface area (Å²) >= 11 is 0. The summed E-state index contributed by atoms with van der Waals surface area (Å²) in [6.45, 7) is 3.35. The predicted molar refractivity (Wildman–Crippen MR) is 148 cm³/mol. The first kappa shape index (κ1) is 25.7. The molecule has 204 valence electrons. The Morgan fingerprint density at radius 3 is 2.51 bits per heavy atom. The van der Waals surface area contributed by atoms with Crippen molar-refractivity contribution in [2.45, 2.75) is 68.2 Å². The van der Waals surface area contributed by atoms with Gasteiger partial charge in [0.15, 0.2) is 9.84 Å². The number of carbonyl (C=O) groups excluding carboxylic acids is 1. The quantitative estimate of drug-likeness (QED) is 0.454. The summed E-state index contributed by atoms with van der Waals surface area (Å²) in [4.78, 5) is 29.8. The largest absolute Gasteiger partial charge is 0.477 e. The highest BCUT2D eigenvalue weighted by atomic mass is 32.2. The van der Waals surface area contributed by atoms with Crippen molar-refractivity contribution in [3.63, 3.8) is 0 Å². The Bertz CT molecular complexity index is 1510. The zero-order chi connectivity index (χ0) is 27.2. The number of anilines is 1. The van der Waals surface area contributed by atoms with Crippen molar-refractivity contribution < 1.29 is 17.9 Å². The molecule has 2 amide bonds. The molecule has 39 heavy (non-hydrogen) atoms. The molecule has 2 saturated carbocycles. The first-order chi connectivity index (χ1) is 18.8. The molecule has 3 aliphatic rings. The average Bonchev–Trinajstić information content (AvgIpc) is 3.59. The van der Waals surface area contributed by atoms with Gasteiger partial charge >= 0.3 is 6.03 Å². The Hall–Kier alpha value is -3.53. The summed E-state index contributed by atoms with van der Waals surface area (Å²) in [6.07, 6.45) is 9.18. The van der Waals surface area contributed by atoms with Crippen molar-refractivity contribution in [1.29, 1.82) is 0 Å². The highest BCUT2D eigenvalue weighted by molar-refractivity contribution is 7.90. The normalized spacial score (nSPS) is 17.8. The first-order valence-corrected chi connectivity index (χ1v) is 15.5. The van der Waals surface area contributed by atoms with E-state index < -0.39 is 9.84 Å². The summed E-state index contributed by atoms with van der Waals surface area (Å²) in [5.74, 6) is 0.975. The number of fused-ring (bicyclic) bond motifs is 2. The molecule has 1 aliphatic heterocycles. The van der Waals surface area contributed by atoms with Crippen LogP contribution >= 0.6 is 0 Å². The molecule has 3 aromatic rings. The smallest absolute Gasteiger partial charge is 0.322 e. The number of ether oxygens (including phenoxy) is 1. The van der Waals surface area contributed by atoms with Crippen LogP contribution in [0.25, 0.3) is 11.3 Å². The van der Waals surface area contributed by atoms with E-state index in [2.05, 4.69) is 15.3 Å². The van der Waals surface area contributed by atoms with Gasteiger partial charge in [-0.05, 0) is 62.4 Å². The number of sulfone groups is 1. The Morgan fingerprint density at radius 2 is 1.85 bits per heavy atom. The lowest BCUT2D eigenvalue weighted by Crippen LogP contribution is -2.41. The number of aromatic nitrogens is 3. The van der Waals surface area contributed by atoms with Gasteiger partial charge in [-0.1, -0.05) is 25.0 Å². The molecule has 0 radical (unpaired) electrons. The number of nitrogens with one attached hydrogen (secondary N) is 1. The number of urea groups is 1. The molecule has 10 heteroatoms. The fourth-order valence-corrected chi connectivity index (χ4v) is 6.58. The maximum Gasteiger partial charge on any atom is 0.322 e. The van der Waals surface area contributed by atoms with Crippen LogP contribution in [0.1, 0.15) is 68.3 Å². The van der Waals surface area contributed by atoms with Crippen molar-refractivity contribution in [2.75, 3.05) is 24.3 Å². The van der Waals surface area contributed by atoms with Gasteiger partial charge in [0.2, 0.25) is 5.88 Å². The Labute approximate surface area is 229 Å². The lowest BCUT2D eigenvalue weighted by molar-refractivity contribution is 0.245. The van der Waals surface area contributed by atoms with Crippen molar-refractivity contribution >= 4 is 21.6 Å². The summed E-state index contributed by atoms with van der Waals surface area (Å²) in [5, 5.41) is 3.02. The minimum absolute atomic E-state index is 0.166. The molecule has 0 saturated heterocycles. The zero-order valence-electron chi connectivity index (χ0n) is 22.3. The maximum atomic E-state index is 13.4. The summed E-state index contributed by atoms with van der Waals surface area (Å²) < 4.78 is 29.4. The van der Waals surface area contributed by atoms with E-state index in [4.69, 9.17) is 9.72 Å². The van der Waals surface area contributed by atoms with Crippen LogP contribution < -0.4 is 15.0 Å². The fourth-order valence-electron chi connectivity index (χ4n) is 5.95. The molecule has 1 N–H and O–H groups in total. The molecule has 1 aromatic carbocycles. The molecule has 2 aromatic heterocycles. The molecule has 3 heterocycles. The molecular weight excluding hydrogens is 514 g/mol. The van der Waals surface area contributed by atoms with Crippen molar-refractivity contribution in [1.82, 2.24) is 20.3 Å². The van der Waals surface area contributed by atoms with E-state index in [0.717, 1.165) is 72.4 Å². The molecule has 2 aliphatic carbocycles. The number of hydrogen-bond acceptors (Lipinski definition) is 7. The Balaban J connectivity index is 1.30. The monoisotopic (exact) mass is 547 g/mol. The van der Waals surface area contributed by atoms with Crippen LogP contribution in [0.5, 0.6) is 5.88 Å². The number of nitrogens with zero attached hydrogens (tertiary/aromatic N) is 4. The van der Waals surface area contributed by atoms with Crippen LogP contribution in [-0.4, -0.2) is 48.8 Å². The highest BCUT2D eigenvalue weighted by Crippen LogP contribution is 2.51. The van der Waals surface area contributed by atoms with Crippen molar-refractivity contribution in [3.05, 3.63) is 59.7 Å². The second kappa shape index (κ2) is 9.89. The maximum absolute atomic E-state index is 13.4. The summed E-state index contributed by atoms with van der Waals surface area (Å²) in [5.41, 5.74) is 5.15. The van der Waals surface area contributed by atoms with Gasteiger partial charge in [0.1, 0.15) is 6.33 Å². The van der Waals surface area contributed by atoms with Crippen LogP contribution in [-0.2, 0) is 21.8 Å². The van der Waals surface area contributed by atoms with E-state index in [1.165, 1.54) is 6.26 Å². The SMILES string of the molecule is CCOc1ncnc(C2CC2)c1-c1ccc2c(n1)C1(CCCC1)CN2C(=O)NCc1ccc(S(C)(=O)=O)cc1. The lowest BCUT2D eigenvalue weighted by Gasteiger charge is -2.24. The van der Waals surface area contributed by atoms with Gasteiger partial charge in [0.25, 0.3) is 0 Å². The van der Waals surface area contributed by atoms with Crippen LogP contribution in [0.4, 0.5) is 10.5 Å². The molecule has 2 fully saturated rings. The second-order valence-electron chi connectivity index (χ2n) is 10.9. The van der Waals surface area contributed by atoms with Gasteiger partial charge in [-0.2, -0.15) is 0 Å². The van der Waals surface area contributed by atoms with E-state index in [1.54, 1.807) is 30.6 Å². The van der Waals surface area contributed by atoms with E-state index >= 15 is 0 Å². The number of benzene rings is 1. The number of carbonyl (C=O) groups is 1. The van der Waals surface area contributed by atoms with E-state index in [0.29, 0.717) is 31.5 Å². The van der Waals surface area contributed by atoms with Gasteiger partial charge in [0, 0.05) is 30.7 Å². The van der Waals surface area contributed by atoms with Crippen molar-refractivity contribution in [3.8, 4) is 17.1 Å². The fraction of sp³-hybridized carbons (Fsp3) is 0.448. The number of amides is 2. The number of pyridine rings is 1. The number of hydrogen-bond donors (Lipinski definition) is 1. The lowest BCUT2D eigenvalue weighted by atomic mass is 9.84. The van der Waals surface area contributed by atoms with Gasteiger partial charge in [-0.15, -0.1) is 0 Å². The molecule has 6 rings (SSSR count). The van der Waals surface area contributed by atoms with E-state index in [1.807, 2.05) is 24.0 Å². The van der Waals surface area contributed by atoms with Crippen LogP contribution in [0.3, 0.4) is 0 Å². The van der Waals surface area contributed by atoms with Crippen molar-refractivity contribution in [2.24, 2.45) is 0 Å². The minimum Gasteiger partial charge on any atom is -0.477 e. The van der Waals surface area contributed by atoms with Crippen LogP contribution in [0, 0.1) is 0 Å². The minimum atomic E-state index is -3.26. The second-order valence-corrected chi connectivity index (χ2v) is 12.9. The molecule has 9 nitrogen and oxygen atoms in total. The third kappa shape index (κ3) is 4.86. The van der Waals surface area contributed by atoms with E-state index in [9.17, 15) is 13.2 Å². The number of rotatable bonds is 7. The van der Waals surface area contributed by atoms with Gasteiger partial charge in [-0.25, -0.2) is 28.2 Å². The third-order valence-corrected chi connectivity index (χ3v) is 9.20. The van der Waals surface area contributed by atoms with E-state index in [-0.39, 0.29) is 16.3 Å². The molecule has 0 atom stereocenters. The first-order valence-electron chi connectivity index (χ1n) is 13.6. The highest BCUT2D eigenvalue weighted by Gasteiger charge is 2.48. The van der Waals surface area contributed by atoms with Crippen LogP contribution in [0.2, 0.25) is 0 Å². The van der Waals surface area contributed by atoms with Gasteiger partial charge < -0.3 is 10.1 Å². The zero-order valence-corrected chi connectivity index (χ0v) is 23.1. The molecule has 0 unspecified atom stereocenters.